The Hall–Kier alpha value is -3.34. The minimum atomic E-state index is -0.459. The number of ether oxygens (including phenoxy) is 2. The molecular formula is C23H25N5O5S. The third kappa shape index (κ3) is 4.15. The number of fused-ring (bicyclic) bond motifs is 2. The average Bonchev–Trinajstić information content (AvgIpc) is 3.55. The van der Waals surface area contributed by atoms with Crippen LogP contribution in [0.3, 0.4) is 0 Å². The number of amides is 1. The van der Waals surface area contributed by atoms with Crippen LogP contribution in [0.1, 0.15) is 43.0 Å². The molecule has 1 N–H and O–H groups in total. The lowest BCUT2D eigenvalue weighted by molar-refractivity contribution is -0.118. The summed E-state index contributed by atoms with van der Waals surface area (Å²) in [6, 6.07) is 5.53. The summed E-state index contributed by atoms with van der Waals surface area (Å²) in [6.45, 7) is 0.534. The normalized spacial score (nSPS) is 15.2. The van der Waals surface area contributed by atoms with Crippen LogP contribution in [-0.4, -0.2) is 37.6 Å². The van der Waals surface area contributed by atoms with E-state index in [0.717, 1.165) is 35.8 Å². The zero-order valence-electron chi connectivity index (χ0n) is 19.0. The lowest BCUT2D eigenvalue weighted by atomic mass is 10.1. The fourth-order valence-corrected chi connectivity index (χ4v) is 5.20. The van der Waals surface area contributed by atoms with Gasteiger partial charge in [-0.25, -0.2) is 14.8 Å². The zero-order chi connectivity index (χ0) is 23.8. The molecule has 1 saturated carbocycles. The Labute approximate surface area is 199 Å². The van der Waals surface area contributed by atoms with Crippen LogP contribution in [0.2, 0.25) is 0 Å². The number of thioether (sulfide) groups is 1. The first-order chi connectivity index (χ1) is 16.4. The summed E-state index contributed by atoms with van der Waals surface area (Å²) in [5.74, 6) is 2.06. The van der Waals surface area contributed by atoms with E-state index in [4.69, 9.17) is 14.5 Å². The molecule has 10 nitrogen and oxygen atoms in total. The van der Waals surface area contributed by atoms with Crippen LogP contribution in [-0.2, 0) is 25.4 Å². The van der Waals surface area contributed by atoms with Crippen LogP contribution in [0.4, 0.5) is 0 Å². The summed E-state index contributed by atoms with van der Waals surface area (Å²) in [6.07, 6.45) is 4.16. The molecule has 178 valence electrons. The number of carbonyl (C=O) groups is 1. The van der Waals surface area contributed by atoms with Gasteiger partial charge in [-0.15, -0.1) is 0 Å². The van der Waals surface area contributed by atoms with E-state index in [9.17, 15) is 14.4 Å². The summed E-state index contributed by atoms with van der Waals surface area (Å²) in [7, 11) is 3.03. The van der Waals surface area contributed by atoms with E-state index in [-0.39, 0.29) is 29.8 Å². The molecule has 0 saturated heterocycles. The van der Waals surface area contributed by atoms with Crippen LogP contribution < -0.4 is 26.0 Å². The second kappa shape index (κ2) is 9.13. The van der Waals surface area contributed by atoms with Crippen molar-refractivity contribution in [2.24, 2.45) is 14.1 Å². The number of nitrogens with one attached hydrogen (secondary N) is 1. The van der Waals surface area contributed by atoms with Crippen molar-refractivity contribution >= 4 is 28.7 Å². The Morgan fingerprint density at radius 1 is 1.12 bits per heavy atom. The fraction of sp³-hybridized carbons (Fsp3) is 0.435. The largest absolute Gasteiger partial charge is 0.454 e. The molecule has 34 heavy (non-hydrogen) atoms. The van der Waals surface area contributed by atoms with Gasteiger partial charge in [0, 0.05) is 26.6 Å². The third-order valence-electron chi connectivity index (χ3n) is 6.27. The number of aryl methyl sites for hydroxylation is 1. The van der Waals surface area contributed by atoms with Crippen LogP contribution >= 0.6 is 11.8 Å². The van der Waals surface area contributed by atoms with Gasteiger partial charge < -0.3 is 14.8 Å². The zero-order valence-corrected chi connectivity index (χ0v) is 19.8. The van der Waals surface area contributed by atoms with Crippen molar-refractivity contribution in [2.45, 2.75) is 43.2 Å². The van der Waals surface area contributed by atoms with Gasteiger partial charge in [0.1, 0.15) is 16.2 Å². The van der Waals surface area contributed by atoms with Crippen molar-refractivity contribution in [3.8, 4) is 11.5 Å². The predicted octanol–water partition coefficient (Wildman–Crippen LogP) is 1.82. The highest BCUT2D eigenvalue weighted by Gasteiger charge is 2.24. The van der Waals surface area contributed by atoms with Gasteiger partial charge in [-0.1, -0.05) is 30.7 Å². The fourth-order valence-electron chi connectivity index (χ4n) is 4.35. The van der Waals surface area contributed by atoms with E-state index < -0.39 is 11.2 Å². The molecule has 0 spiro atoms. The molecule has 11 heteroatoms. The highest BCUT2D eigenvalue weighted by atomic mass is 32.2. The van der Waals surface area contributed by atoms with Crippen LogP contribution in [0.5, 0.6) is 11.5 Å². The van der Waals surface area contributed by atoms with E-state index >= 15 is 0 Å². The maximum Gasteiger partial charge on any atom is 0.332 e. The van der Waals surface area contributed by atoms with E-state index in [1.54, 1.807) is 7.05 Å². The van der Waals surface area contributed by atoms with Gasteiger partial charge in [0.05, 0.1) is 5.75 Å². The molecule has 1 aliphatic carbocycles. The highest BCUT2D eigenvalue weighted by molar-refractivity contribution is 8.00. The monoisotopic (exact) mass is 483 g/mol. The maximum atomic E-state index is 12.9. The second-order valence-electron chi connectivity index (χ2n) is 8.53. The van der Waals surface area contributed by atoms with Crippen molar-refractivity contribution in [3.63, 3.8) is 0 Å². The first kappa shape index (κ1) is 22.5. The van der Waals surface area contributed by atoms with Gasteiger partial charge in [0.15, 0.2) is 17.1 Å². The summed E-state index contributed by atoms with van der Waals surface area (Å²) in [4.78, 5) is 47.3. The molecule has 2 aromatic heterocycles. The van der Waals surface area contributed by atoms with Gasteiger partial charge in [-0.3, -0.25) is 18.7 Å². The number of hydrogen-bond acceptors (Lipinski definition) is 8. The van der Waals surface area contributed by atoms with Crippen molar-refractivity contribution in [1.29, 1.82) is 0 Å². The maximum absolute atomic E-state index is 12.9. The Morgan fingerprint density at radius 3 is 2.68 bits per heavy atom. The molecule has 1 aromatic carbocycles. The first-order valence-corrected chi connectivity index (χ1v) is 12.2. The van der Waals surface area contributed by atoms with Gasteiger partial charge in [-0.05, 0) is 30.5 Å². The Morgan fingerprint density at radius 2 is 1.88 bits per heavy atom. The van der Waals surface area contributed by atoms with Crippen LogP contribution in [0.15, 0.2) is 32.8 Å². The summed E-state index contributed by atoms with van der Waals surface area (Å²) >= 11 is 1.19. The molecule has 0 atom stereocenters. The van der Waals surface area contributed by atoms with Gasteiger partial charge in [0.25, 0.3) is 5.56 Å². The molecule has 1 fully saturated rings. The molecule has 3 heterocycles. The smallest absolute Gasteiger partial charge is 0.332 e. The van der Waals surface area contributed by atoms with Crippen molar-refractivity contribution in [3.05, 3.63) is 50.4 Å². The third-order valence-corrected chi connectivity index (χ3v) is 7.25. The van der Waals surface area contributed by atoms with E-state index in [1.165, 1.54) is 23.4 Å². The van der Waals surface area contributed by atoms with Crippen molar-refractivity contribution in [2.75, 3.05) is 12.5 Å². The van der Waals surface area contributed by atoms with Gasteiger partial charge in [-0.2, -0.15) is 0 Å². The quantitative estimate of drug-likeness (QED) is 0.417. The predicted molar refractivity (Wildman–Crippen MR) is 126 cm³/mol. The number of nitrogens with zero attached hydrogens (tertiary/aromatic N) is 4. The van der Waals surface area contributed by atoms with Gasteiger partial charge in [0.2, 0.25) is 12.7 Å². The second-order valence-corrected chi connectivity index (χ2v) is 9.49. The van der Waals surface area contributed by atoms with Crippen molar-refractivity contribution < 1.29 is 14.3 Å². The van der Waals surface area contributed by atoms with E-state index in [1.807, 2.05) is 18.2 Å². The number of hydrogen-bond donors (Lipinski definition) is 1. The highest BCUT2D eigenvalue weighted by Crippen LogP contribution is 2.34. The minimum absolute atomic E-state index is 0.0762. The van der Waals surface area contributed by atoms with Crippen LogP contribution in [0, 0.1) is 0 Å². The number of aromatic nitrogens is 4. The van der Waals surface area contributed by atoms with Crippen molar-refractivity contribution in [1.82, 2.24) is 24.4 Å². The van der Waals surface area contributed by atoms with E-state index in [0.29, 0.717) is 34.5 Å². The Bertz CT molecular complexity index is 1390. The van der Waals surface area contributed by atoms with E-state index in [2.05, 4.69) is 10.3 Å². The lowest BCUT2D eigenvalue weighted by Crippen LogP contribution is -2.38. The molecule has 0 radical (unpaired) electrons. The number of carbonyl (C=O) groups excluding carboxylic acids is 1. The Kier molecular flexibility index (Phi) is 6.03. The standard InChI is InChI=1S/C23H25N5O5S/c1-27-20-18(22(30)28(2)23(27)31)21(26-19(25-20)14-5-3-4-6-14)34-11-17(29)24-10-13-7-8-15-16(9-13)33-12-32-15/h7-9,14H,3-6,10-12H2,1-2H3,(H,24,29). The molecule has 1 amide bonds. The average molecular weight is 484 g/mol. The molecule has 2 aliphatic rings. The summed E-state index contributed by atoms with van der Waals surface area (Å²) in [5.41, 5.74) is 0.307. The minimum Gasteiger partial charge on any atom is -0.454 e. The summed E-state index contributed by atoms with van der Waals surface area (Å²) < 4.78 is 13.1. The molecule has 3 aromatic rings. The first-order valence-electron chi connectivity index (χ1n) is 11.2. The lowest BCUT2D eigenvalue weighted by Gasteiger charge is -2.14. The topological polar surface area (TPSA) is 117 Å². The molecular weight excluding hydrogens is 458 g/mol. The number of benzene rings is 1. The SMILES string of the molecule is Cn1c(=O)c2c(SCC(=O)NCc3ccc4c(c3)OCO4)nc(C3CCCC3)nc2n(C)c1=O. The van der Waals surface area contributed by atoms with Gasteiger partial charge >= 0.3 is 5.69 Å². The number of rotatable bonds is 6. The van der Waals surface area contributed by atoms with Crippen LogP contribution in [0.25, 0.3) is 11.0 Å². The molecule has 1 aliphatic heterocycles. The Balaban J connectivity index is 1.38. The summed E-state index contributed by atoms with van der Waals surface area (Å²) in [5, 5.41) is 3.58. The molecule has 0 unspecified atom stereocenters. The molecule has 0 bridgehead atoms. The molecule has 5 rings (SSSR count).